The summed E-state index contributed by atoms with van der Waals surface area (Å²) in [6.07, 6.45) is 1.09. The molecule has 2 N–H and O–H groups in total. The average molecular weight is 362 g/mol. The van der Waals surface area contributed by atoms with E-state index in [-0.39, 0.29) is 24.3 Å². The zero-order valence-electron chi connectivity index (χ0n) is 15.0. The van der Waals surface area contributed by atoms with Crippen LogP contribution < -0.4 is 5.32 Å². The molecule has 0 aliphatic carbocycles. The lowest BCUT2D eigenvalue weighted by Gasteiger charge is -2.16. The lowest BCUT2D eigenvalue weighted by Crippen LogP contribution is -2.38. The summed E-state index contributed by atoms with van der Waals surface area (Å²) in [7, 11) is 0. The average Bonchev–Trinajstić information content (AvgIpc) is 3.26. The van der Waals surface area contributed by atoms with Crippen molar-refractivity contribution in [3.05, 3.63) is 66.0 Å². The minimum Gasteiger partial charge on any atom is -0.354 e. The van der Waals surface area contributed by atoms with E-state index in [2.05, 4.69) is 15.3 Å². The number of H-pyrrole nitrogens is 1. The number of likely N-dealkylation sites (tertiary alicyclic amines) is 1. The Morgan fingerprint density at radius 3 is 2.74 bits per heavy atom. The number of nitrogens with zero attached hydrogens (tertiary/aromatic N) is 2. The zero-order valence-corrected chi connectivity index (χ0v) is 15.0. The molecule has 0 unspecified atom stereocenters. The van der Waals surface area contributed by atoms with E-state index in [4.69, 9.17) is 0 Å². The van der Waals surface area contributed by atoms with Crippen LogP contribution in [0.2, 0.25) is 0 Å². The van der Waals surface area contributed by atoms with Crippen molar-refractivity contribution in [2.75, 3.05) is 19.6 Å². The first-order valence-corrected chi connectivity index (χ1v) is 9.22. The van der Waals surface area contributed by atoms with Gasteiger partial charge in [0.1, 0.15) is 5.82 Å². The molecule has 0 spiro atoms. The summed E-state index contributed by atoms with van der Waals surface area (Å²) >= 11 is 0. The Balaban J connectivity index is 1.26. The smallest absolute Gasteiger partial charge is 0.239 e. The quantitative estimate of drug-likeness (QED) is 0.706. The summed E-state index contributed by atoms with van der Waals surface area (Å²) in [5.41, 5.74) is 3.07. The maximum atomic E-state index is 12.2. The first-order chi connectivity index (χ1) is 13.2. The third-order valence-electron chi connectivity index (χ3n) is 4.94. The number of para-hydroxylation sites is 2. The summed E-state index contributed by atoms with van der Waals surface area (Å²) < 4.78 is 0. The Hall–Kier alpha value is -3.15. The molecule has 6 nitrogen and oxygen atoms in total. The minimum atomic E-state index is -0.131. The van der Waals surface area contributed by atoms with Gasteiger partial charge in [0.2, 0.25) is 11.8 Å². The van der Waals surface area contributed by atoms with Crippen LogP contribution in [0.5, 0.6) is 0 Å². The minimum absolute atomic E-state index is 0.0382. The van der Waals surface area contributed by atoms with Crippen LogP contribution in [0.4, 0.5) is 0 Å². The number of hydrogen-bond acceptors (Lipinski definition) is 3. The van der Waals surface area contributed by atoms with Crippen molar-refractivity contribution < 1.29 is 9.59 Å². The maximum Gasteiger partial charge on any atom is 0.239 e. The van der Waals surface area contributed by atoms with E-state index in [0.29, 0.717) is 25.9 Å². The maximum absolute atomic E-state index is 12.2. The molecular weight excluding hydrogens is 340 g/mol. The Morgan fingerprint density at radius 2 is 1.93 bits per heavy atom. The van der Waals surface area contributed by atoms with Crippen molar-refractivity contribution in [1.29, 1.82) is 0 Å². The highest BCUT2D eigenvalue weighted by atomic mass is 16.2. The van der Waals surface area contributed by atoms with Crippen LogP contribution in [-0.4, -0.2) is 46.3 Å². The molecule has 138 valence electrons. The van der Waals surface area contributed by atoms with Gasteiger partial charge in [-0.1, -0.05) is 42.5 Å². The van der Waals surface area contributed by atoms with Crippen molar-refractivity contribution in [3.8, 4) is 0 Å². The van der Waals surface area contributed by atoms with E-state index < -0.39 is 0 Å². The number of fused-ring (bicyclic) bond motifs is 1. The molecule has 1 fully saturated rings. The van der Waals surface area contributed by atoms with Gasteiger partial charge in [-0.2, -0.15) is 0 Å². The topological polar surface area (TPSA) is 78.1 Å². The Labute approximate surface area is 157 Å². The van der Waals surface area contributed by atoms with Gasteiger partial charge in [-0.05, 0) is 17.7 Å². The zero-order chi connectivity index (χ0) is 18.6. The monoisotopic (exact) mass is 362 g/mol. The normalized spacial score (nSPS) is 16.8. The fourth-order valence-electron chi connectivity index (χ4n) is 3.55. The summed E-state index contributed by atoms with van der Waals surface area (Å²) in [6.45, 7) is 1.20. The number of carbonyl (C=O) groups excluding carboxylic acids is 2. The van der Waals surface area contributed by atoms with Gasteiger partial charge in [0.25, 0.3) is 0 Å². The molecule has 0 bridgehead atoms. The summed E-state index contributed by atoms with van der Waals surface area (Å²) in [5.74, 6) is 0.921. The van der Waals surface area contributed by atoms with Crippen LogP contribution >= 0.6 is 0 Å². The van der Waals surface area contributed by atoms with Gasteiger partial charge in [0.15, 0.2) is 0 Å². The largest absolute Gasteiger partial charge is 0.354 e. The lowest BCUT2D eigenvalue weighted by molar-refractivity contribution is -0.133. The van der Waals surface area contributed by atoms with Gasteiger partial charge in [-0.3, -0.25) is 9.59 Å². The molecule has 0 radical (unpaired) electrons. The summed E-state index contributed by atoms with van der Waals surface area (Å²) in [5, 5.41) is 2.88. The first kappa shape index (κ1) is 17.3. The molecule has 1 atom stereocenters. The summed E-state index contributed by atoms with van der Waals surface area (Å²) in [6, 6.07) is 17.8. The molecule has 1 saturated heterocycles. The molecule has 2 aromatic carbocycles. The van der Waals surface area contributed by atoms with E-state index in [9.17, 15) is 9.59 Å². The summed E-state index contributed by atoms with van der Waals surface area (Å²) in [4.78, 5) is 33.8. The van der Waals surface area contributed by atoms with Gasteiger partial charge in [-0.25, -0.2) is 4.98 Å². The number of nitrogens with one attached hydrogen (secondary N) is 2. The van der Waals surface area contributed by atoms with E-state index in [1.54, 1.807) is 4.90 Å². The van der Waals surface area contributed by atoms with Crippen LogP contribution in [0.15, 0.2) is 54.6 Å². The molecule has 6 heteroatoms. The molecule has 27 heavy (non-hydrogen) atoms. The van der Waals surface area contributed by atoms with Crippen LogP contribution in [0.25, 0.3) is 11.0 Å². The van der Waals surface area contributed by atoms with Gasteiger partial charge in [0, 0.05) is 31.8 Å². The standard InChI is InChI=1S/C21H22N4O2/c26-20(22-11-10-19-23-17-8-4-5-9-18(17)24-19)14-25-13-16(12-21(25)27)15-6-2-1-3-7-15/h1-9,16H,10-14H2,(H,22,26)(H,23,24)/t16-/m0/s1. The van der Waals surface area contributed by atoms with Crippen LogP contribution in [-0.2, 0) is 16.0 Å². The number of amides is 2. The first-order valence-electron chi connectivity index (χ1n) is 9.22. The van der Waals surface area contributed by atoms with Crippen molar-refractivity contribution in [2.45, 2.75) is 18.8 Å². The van der Waals surface area contributed by atoms with Crippen molar-refractivity contribution in [1.82, 2.24) is 20.2 Å². The number of benzene rings is 2. The second kappa shape index (κ2) is 7.61. The Bertz CT molecular complexity index is 918. The van der Waals surface area contributed by atoms with E-state index in [1.807, 2.05) is 54.6 Å². The number of aromatic amines is 1. The van der Waals surface area contributed by atoms with Gasteiger partial charge >= 0.3 is 0 Å². The third kappa shape index (κ3) is 4.00. The van der Waals surface area contributed by atoms with Crippen molar-refractivity contribution in [3.63, 3.8) is 0 Å². The lowest BCUT2D eigenvalue weighted by atomic mass is 9.99. The van der Waals surface area contributed by atoms with Crippen LogP contribution in [0.1, 0.15) is 23.7 Å². The Morgan fingerprint density at radius 1 is 1.15 bits per heavy atom. The van der Waals surface area contributed by atoms with Gasteiger partial charge < -0.3 is 15.2 Å². The highest BCUT2D eigenvalue weighted by Crippen LogP contribution is 2.27. The molecular formula is C21H22N4O2. The Kier molecular flexibility index (Phi) is 4.87. The highest BCUT2D eigenvalue weighted by molar-refractivity contribution is 5.86. The number of hydrogen-bond donors (Lipinski definition) is 2. The molecule has 1 aliphatic rings. The van der Waals surface area contributed by atoms with Gasteiger partial charge in [0.05, 0.1) is 17.6 Å². The predicted molar refractivity (Wildman–Crippen MR) is 103 cm³/mol. The second-order valence-electron chi connectivity index (χ2n) is 6.89. The second-order valence-corrected chi connectivity index (χ2v) is 6.89. The molecule has 0 saturated carbocycles. The van der Waals surface area contributed by atoms with Crippen molar-refractivity contribution in [2.24, 2.45) is 0 Å². The van der Waals surface area contributed by atoms with Crippen molar-refractivity contribution >= 4 is 22.8 Å². The van der Waals surface area contributed by atoms with Gasteiger partial charge in [-0.15, -0.1) is 0 Å². The predicted octanol–water partition coefficient (Wildman–Crippen LogP) is 2.24. The highest BCUT2D eigenvalue weighted by Gasteiger charge is 2.31. The van der Waals surface area contributed by atoms with Crippen LogP contribution in [0.3, 0.4) is 0 Å². The number of carbonyl (C=O) groups is 2. The number of rotatable bonds is 6. The molecule has 3 aromatic rings. The van der Waals surface area contributed by atoms with Crippen LogP contribution in [0, 0.1) is 0 Å². The molecule has 1 aliphatic heterocycles. The van der Waals surface area contributed by atoms with E-state index >= 15 is 0 Å². The molecule has 4 rings (SSSR count). The number of aromatic nitrogens is 2. The fraction of sp³-hybridized carbons (Fsp3) is 0.286. The SMILES string of the molecule is O=C(CN1C[C@@H](c2ccccc2)CC1=O)NCCc1nc2ccccc2[nH]1. The molecule has 1 aromatic heterocycles. The third-order valence-corrected chi connectivity index (χ3v) is 4.94. The van der Waals surface area contributed by atoms with E-state index in [0.717, 1.165) is 22.4 Å². The molecule has 2 amide bonds. The van der Waals surface area contributed by atoms with E-state index in [1.165, 1.54) is 0 Å². The molecule has 2 heterocycles. The number of imidazole rings is 1. The fourth-order valence-corrected chi connectivity index (χ4v) is 3.55.